The maximum absolute atomic E-state index is 13.0. The zero-order valence-electron chi connectivity index (χ0n) is 10.2. The summed E-state index contributed by atoms with van der Waals surface area (Å²) < 4.78 is 13.0. The first-order valence-corrected chi connectivity index (χ1v) is 5.97. The highest BCUT2D eigenvalue weighted by Gasteiger charge is 2.12. The van der Waals surface area contributed by atoms with Crippen molar-refractivity contribution in [2.24, 2.45) is 0 Å². The first-order valence-electron chi connectivity index (χ1n) is 5.60. The molecule has 0 spiro atoms. The van der Waals surface area contributed by atoms with E-state index in [9.17, 15) is 9.18 Å². The van der Waals surface area contributed by atoms with Crippen molar-refractivity contribution in [2.45, 2.75) is 6.92 Å². The molecule has 0 aliphatic rings. The van der Waals surface area contributed by atoms with E-state index in [0.29, 0.717) is 22.0 Å². The van der Waals surface area contributed by atoms with Gasteiger partial charge in [0.1, 0.15) is 5.82 Å². The van der Waals surface area contributed by atoms with Gasteiger partial charge in [-0.05, 0) is 48.9 Å². The van der Waals surface area contributed by atoms with Crippen LogP contribution in [0.15, 0.2) is 36.4 Å². The van der Waals surface area contributed by atoms with Gasteiger partial charge in [0.05, 0.1) is 5.56 Å². The lowest BCUT2D eigenvalue weighted by Crippen LogP contribution is -2.14. The molecule has 0 aliphatic carbocycles. The molecule has 0 bridgehead atoms. The number of carbonyl (C=O) groups excluding carboxylic acids is 1. The van der Waals surface area contributed by atoms with Gasteiger partial charge in [0.15, 0.2) is 0 Å². The summed E-state index contributed by atoms with van der Waals surface area (Å²) in [5, 5.41) is 3.10. The van der Waals surface area contributed by atoms with Crippen LogP contribution in [0.25, 0.3) is 0 Å². The van der Waals surface area contributed by atoms with Gasteiger partial charge in [0, 0.05) is 16.4 Å². The van der Waals surface area contributed by atoms with E-state index in [-0.39, 0.29) is 17.3 Å². The van der Waals surface area contributed by atoms with Crippen LogP contribution in [0.5, 0.6) is 0 Å². The summed E-state index contributed by atoms with van der Waals surface area (Å²) >= 11 is 5.83. The lowest BCUT2D eigenvalue weighted by Gasteiger charge is -2.10. The van der Waals surface area contributed by atoms with Gasteiger partial charge in [-0.1, -0.05) is 11.6 Å². The third kappa shape index (κ3) is 3.03. The highest BCUT2D eigenvalue weighted by molar-refractivity contribution is 6.31. The number of aryl methyl sites for hydroxylation is 1. The number of hydrogen-bond acceptors (Lipinski definition) is 2. The normalized spacial score (nSPS) is 10.3. The molecule has 0 aliphatic heterocycles. The number of nitrogens with two attached hydrogens (primary N) is 1. The number of benzene rings is 2. The first kappa shape index (κ1) is 13.4. The molecule has 3 N–H and O–H groups in total. The number of amides is 1. The molecular formula is C14H12ClFN2O. The van der Waals surface area contributed by atoms with Crippen LogP contribution in [0.3, 0.4) is 0 Å². The number of hydrogen-bond donors (Lipinski definition) is 2. The Morgan fingerprint density at radius 2 is 2.00 bits per heavy atom. The molecule has 0 fully saturated rings. The van der Waals surface area contributed by atoms with Crippen molar-refractivity contribution in [3.63, 3.8) is 0 Å². The molecule has 5 heteroatoms. The average Bonchev–Trinajstić information content (AvgIpc) is 2.35. The maximum Gasteiger partial charge on any atom is 0.257 e. The third-order valence-corrected chi connectivity index (χ3v) is 2.93. The summed E-state index contributed by atoms with van der Waals surface area (Å²) in [6, 6.07) is 8.79. The predicted octanol–water partition coefficient (Wildman–Crippen LogP) is 3.62. The van der Waals surface area contributed by atoms with Gasteiger partial charge >= 0.3 is 0 Å². The molecule has 2 aromatic carbocycles. The van der Waals surface area contributed by atoms with E-state index in [1.165, 1.54) is 24.3 Å². The summed E-state index contributed by atoms with van der Waals surface area (Å²) in [5.41, 5.74) is 7.52. The van der Waals surface area contributed by atoms with Crippen molar-refractivity contribution >= 4 is 28.9 Å². The Hall–Kier alpha value is -2.07. The van der Waals surface area contributed by atoms with Crippen molar-refractivity contribution in [3.05, 3.63) is 58.4 Å². The molecule has 3 nitrogen and oxygen atoms in total. The van der Waals surface area contributed by atoms with Gasteiger partial charge in [-0.15, -0.1) is 0 Å². The fourth-order valence-corrected chi connectivity index (χ4v) is 1.85. The monoisotopic (exact) mass is 278 g/mol. The third-order valence-electron chi connectivity index (χ3n) is 2.70. The van der Waals surface area contributed by atoms with Crippen LogP contribution in [0.1, 0.15) is 15.9 Å². The Bertz CT molecular complexity index is 643. The van der Waals surface area contributed by atoms with Crippen LogP contribution >= 0.6 is 11.6 Å². The summed E-state index contributed by atoms with van der Waals surface area (Å²) in [7, 11) is 0. The second-order valence-corrected chi connectivity index (χ2v) is 4.58. The van der Waals surface area contributed by atoms with E-state index in [1.54, 1.807) is 19.1 Å². The van der Waals surface area contributed by atoms with Gasteiger partial charge in [0.2, 0.25) is 0 Å². The highest BCUT2D eigenvalue weighted by atomic mass is 35.5. The molecule has 0 radical (unpaired) electrons. The van der Waals surface area contributed by atoms with Crippen LogP contribution in [0, 0.1) is 12.7 Å². The molecule has 0 aromatic heterocycles. The second-order valence-electron chi connectivity index (χ2n) is 4.14. The summed E-state index contributed by atoms with van der Waals surface area (Å²) in [4.78, 5) is 12.1. The van der Waals surface area contributed by atoms with E-state index in [2.05, 4.69) is 5.32 Å². The largest absolute Gasteiger partial charge is 0.398 e. The minimum Gasteiger partial charge on any atom is -0.398 e. The number of rotatable bonds is 2. The average molecular weight is 279 g/mol. The van der Waals surface area contributed by atoms with Crippen LogP contribution in [0.4, 0.5) is 15.8 Å². The topological polar surface area (TPSA) is 55.1 Å². The Balaban J connectivity index is 2.28. The van der Waals surface area contributed by atoms with Crippen LogP contribution in [0.2, 0.25) is 5.02 Å². The SMILES string of the molecule is Cc1cc(F)ccc1NC(=O)c1cc(Cl)ccc1N. The van der Waals surface area contributed by atoms with Gasteiger partial charge in [-0.25, -0.2) is 4.39 Å². The van der Waals surface area contributed by atoms with Gasteiger partial charge < -0.3 is 11.1 Å². The van der Waals surface area contributed by atoms with Gasteiger partial charge in [0.25, 0.3) is 5.91 Å². The highest BCUT2D eigenvalue weighted by Crippen LogP contribution is 2.21. The summed E-state index contributed by atoms with van der Waals surface area (Å²) in [5.74, 6) is -0.729. The standard InChI is InChI=1S/C14H12ClFN2O/c1-8-6-10(16)3-5-13(8)18-14(19)11-7-9(15)2-4-12(11)17/h2-7H,17H2,1H3,(H,18,19). The number of nitrogens with one attached hydrogen (secondary N) is 1. The predicted molar refractivity (Wildman–Crippen MR) is 75.0 cm³/mol. The molecule has 98 valence electrons. The number of nitrogen functional groups attached to an aromatic ring is 1. The van der Waals surface area contributed by atoms with E-state index in [1.807, 2.05) is 0 Å². The van der Waals surface area contributed by atoms with Crippen molar-refractivity contribution in [2.75, 3.05) is 11.1 Å². The van der Waals surface area contributed by atoms with Crippen molar-refractivity contribution in [1.82, 2.24) is 0 Å². The first-order chi connectivity index (χ1) is 8.97. The fourth-order valence-electron chi connectivity index (χ4n) is 1.68. The summed E-state index contributed by atoms with van der Waals surface area (Å²) in [6.45, 7) is 1.71. The maximum atomic E-state index is 13.0. The molecule has 2 aromatic rings. The molecule has 0 unspecified atom stereocenters. The lowest BCUT2D eigenvalue weighted by molar-refractivity contribution is 0.102. The lowest BCUT2D eigenvalue weighted by atomic mass is 10.1. The molecule has 19 heavy (non-hydrogen) atoms. The molecule has 0 atom stereocenters. The molecule has 0 heterocycles. The second kappa shape index (κ2) is 5.28. The van der Waals surface area contributed by atoms with E-state index in [4.69, 9.17) is 17.3 Å². The van der Waals surface area contributed by atoms with Crippen LogP contribution in [-0.4, -0.2) is 5.91 Å². The fraction of sp³-hybridized carbons (Fsp3) is 0.0714. The van der Waals surface area contributed by atoms with Crippen molar-refractivity contribution in [3.8, 4) is 0 Å². The van der Waals surface area contributed by atoms with Crippen molar-refractivity contribution < 1.29 is 9.18 Å². The summed E-state index contributed by atoms with van der Waals surface area (Å²) in [6.07, 6.45) is 0. The number of halogens is 2. The van der Waals surface area contributed by atoms with Crippen molar-refractivity contribution in [1.29, 1.82) is 0 Å². The molecule has 2 rings (SSSR count). The number of carbonyl (C=O) groups is 1. The Kier molecular flexibility index (Phi) is 3.71. The smallest absolute Gasteiger partial charge is 0.257 e. The van der Waals surface area contributed by atoms with Gasteiger partial charge in [-0.2, -0.15) is 0 Å². The quantitative estimate of drug-likeness (QED) is 0.824. The minimum atomic E-state index is -0.380. The van der Waals surface area contributed by atoms with E-state index >= 15 is 0 Å². The van der Waals surface area contributed by atoms with Crippen LogP contribution < -0.4 is 11.1 Å². The Labute approximate surface area is 115 Å². The van der Waals surface area contributed by atoms with Gasteiger partial charge in [-0.3, -0.25) is 4.79 Å². The zero-order chi connectivity index (χ0) is 14.0. The minimum absolute atomic E-state index is 0.288. The van der Waals surface area contributed by atoms with E-state index < -0.39 is 0 Å². The Morgan fingerprint density at radius 1 is 1.26 bits per heavy atom. The number of anilines is 2. The molecule has 0 saturated carbocycles. The Morgan fingerprint density at radius 3 is 2.68 bits per heavy atom. The molecule has 0 saturated heterocycles. The zero-order valence-corrected chi connectivity index (χ0v) is 11.0. The molecule has 1 amide bonds. The molecular weight excluding hydrogens is 267 g/mol. The van der Waals surface area contributed by atoms with E-state index in [0.717, 1.165) is 0 Å². The van der Waals surface area contributed by atoms with Crippen LogP contribution in [-0.2, 0) is 0 Å².